The number of fused-ring (bicyclic) bond motifs is 1. The Balaban J connectivity index is 2.05. The molecule has 4 heteroatoms. The molecule has 2 heterocycles. The average Bonchev–Trinajstić information content (AvgIpc) is 2.80. The number of imidazole rings is 1. The van der Waals surface area contributed by atoms with Crippen LogP contribution in [0.3, 0.4) is 0 Å². The van der Waals surface area contributed by atoms with Gasteiger partial charge in [-0.15, -0.1) is 0 Å². The second-order valence-corrected chi connectivity index (χ2v) is 4.82. The highest BCUT2D eigenvalue weighted by atomic mass is 16.3. The number of benzene rings is 1. The second kappa shape index (κ2) is 4.98. The largest absolute Gasteiger partial charge is 0.395 e. The number of nitrogens with zero attached hydrogens (tertiary/aromatic N) is 3. The van der Waals surface area contributed by atoms with Crippen LogP contribution in [0.15, 0.2) is 24.3 Å². The Bertz CT molecular complexity index is 529. The summed E-state index contributed by atoms with van der Waals surface area (Å²) in [5, 5.41) is 9.25. The molecule has 2 aromatic rings. The molecular weight excluding hydrogens is 226 g/mol. The molecule has 0 atom stereocenters. The van der Waals surface area contributed by atoms with Crippen molar-refractivity contribution < 1.29 is 5.11 Å². The third-order valence-electron chi connectivity index (χ3n) is 3.60. The first-order valence-electron chi connectivity index (χ1n) is 6.71. The Labute approximate surface area is 107 Å². The fraction of sp³-hybridized carbons (Fsp3) is 0.500. The van der Waals surface area contributed by atoms with E-state index in [4.69, 9.17) is 4.98 Å². The minimum atomic E-state index is 0.154. The summed E-state index contributed by atoms with van der Waals surface area (Å²) in [6, 6.07) is 8.15. The lowest BCUT2D eigenvalue weighted by molar-refractivity contribution is 0.278. The predicted octanol–water partition coefficient (Wildman–Crippen LogP) is 2.02. The number of anilines is 1. The van der Waals surface area contributed by atoms with Gasteiger partial charge in [-0.3, -0.25) is 0 Å². The van der Waals surface area contributed by atoms with Gasteiger partial charge in [-0.05, 0) is 31.4 Å². The third-order valence-corrected chi connectivity index (χ3v) is 3.60. The van der Waals surface area contributed by atoms with E-state index in [1.165, 1.54) is 19.3 Å². The molecule has 1 aromatic heterocycles. The minimum Gasteiger partial charge on any atom is -0.395 e. The molecule has 18 heavy (non-hydrogen) atoms. The Morgan fingerprint density at radius 3 is 2.67 bits per heavy atom. The van der Waals surface area contributed by atoms with Crippen LogP contribution in [0.1, 0.15) is 19.3 Å². The molecule has 4 nitrogen and oxygen atoms in total. The molecule has 0 amide bonds. The van der Waals surface area contributed by atoms with Crippen LogP contribution >= 0.6 is 0 Å². The first-order chi connectivity index (χ1) is 8.90. The van der Waals surface area contributed by atoms with Gasteiger partial charge in [-0.2, -0.15) is 0 Å². The molecule has 3 rings (SSSR count). The van der Waals surface area contributed by atoms with Crippen LogP contribution in [0.4, 0.5) is 5.95 Å². The van der Waals surface area contributed by atoms with Crippen molar-refractivity contribution in [2.75, 3.05) is 24.6 Å². The normalized spacial score (nSPS) is 16.4. The molecule has 96 valence electrons. The highest BCUT2D eigenvalue weighted by molar-refractivity contribution is 5.78. The smallest absolute Gasteiger partial charge is 0.206 e. The summed E-state index contributed by atoms with van der Waals surface area (Å²) in [7, 11) is 0. The zero-order chi connectivity index (χ0) is 12.4. The molecule has 0 aliphatic carbocycles. The topological polar surface area (TPSA) is 41.3 Å². The molecule has 1 fully saturated rings. The third kappa shape index (κ3) is 1.97. The predicted molar refractivity (Wildman–Crippen MR) is 72.9 cm³/mol. The summed E-state index contributed by atoms with van der Waals surface area (Å²) in [4.78, 5) is 7.08. The van der Waals surface area contributed by atoms with Gasteiger partial charge in [0.25, 0.3) is 0 Å². The van der Waals surface area contributed by atoms with E-state index in [9.17, 15) is 5.11 Å². The molecule has 0 spiro atoms. The lowest BCUT2D eigenvalue weighted by atomic mass is 10.1. The van der Waals surface area contributed by atoms with E-state index in [-0.39, 0.29) is 6.61 Å². The average molecular weight is 245 g/mol. The first-order valence-corrected chi connectivity index (χ1v) is 6.71. The van der Waals surface area contributed by atoms with E-state index in [0.29, 0.717) is 6.54 Å². The van der Waals surface area contributed by atoms with Gasteiger partial charge in [0.1, 0.15) is 0 Å². The van der Waals surface area contributed by atoms with Gasteiger partial charge >= 0.3 is 0 Å². The monoisotopic (exact) mass is 245 g/mol. The number of piperidine rings is 1. The van der Waals surface area contributed by atoms with Crippen LogP contribution < -0.4 is 4.90 Å². The lowest BCUT2D eigenvalue weighted by Crippen LogP contribution is -2.32. The maximum Gasteiger partial charge on any atom is 0.206 e. The SMILES string of the molecule is OCCn1c(N2CCCCC2)nc2ccccc21. The van der Waals surface area contributed by atoms with E-state index < -0.39 is 0 Å². The summed E-state index contributed by atoms with van der Waals surface area (Å²) in [5.41, 5.74) is 2.14. The quantitative estimate of drug-likeness (QED) is 0.899. The van der Waals surface area contributed by atoms with Crippen molar-refractivity contribution in [3.8, 4) is 0 Å². The van der Waals surface area contributed by atoms with E-state index in [0.717, 1.165) is 30.1 Å². The van der Waals surface area contributed by atoms with Crippen LogP contribution in [0.2, 0.25) is 0 Å². The highest BCUT2D eigenvalue weighted by Crippen LogP contribution is 2.24. The number of aliphatic hydroxyl groups excluding tert-OH is 1. The van der Waals surface area contributed by atoms with Gasteiger partial charge in [-0.1, -0.05) is 12.1 Å². The van der Waals surface area contributed by atoms with Gasteiger partial charge in [0.05, 0.1) is 17.6 Å². The standard InChI is InChI=1S/C14H19N3O/c18-11-10-17-13-7-3-2-6-12(13)15-14(17)16-8-4-1-5-9-16/h2-3,6-7,18H,1,4-5,8-11H2. The summed E-state index contributed by atoms with van der Waals surface area (Å²) in [6.07, 6.45) is 3.79. The van der Waals surface area contributed by atoms with E-state index in [1.54, 1.807) is 0 Å². The highest BCUT2D eigenvalue weighted by Gasteiger charge is 2.18. The van der Waals surface area contributed by atoms with Crippen molar-refractivity contribution in [1.82, 2.24) is 9.55 Å². The molecule has 0 unspecified atom stereocenters. The van der Waals surface area contributed by atoms with Crippen LogP contribution in [0.5, 0.6) is 0 Å². The van der Waals surface area contributed by atoms with Crippen LogP contribution in [0.25, 0.3) is 11.0 Å². The summed E-state index contributed by atoms with van der Waals surface area (Å²) in [6.45, 7) is 2.93. The summed E-state index contributed by atoms with van der Waals surface area (Å²) < 4.78 is 2.14. The molecule has 1 aromatic carbocycles. The maximum absolute atomic E-state index is 9.25. The van der Waals surface area contributed by atoms with Gasteiger partial charge in [-0.25, -0.2) is 4.98 Å². The zero-order valence-corrected chi connectivity index (χ0v) is 10.5. The molecule has 1 saturated heterocycles. The maximum atomic E-state index is 9.25. The Morgan fingerprint density at radius 1 is 1.11 bits per heavy atom. The zero-order valence-electron chi connectivity index (χ0n) is 10.5. The number of hydrogen-bond acceptors (Lipinski definition) is 3. The molecular formula is C14H19N3O. The van der Waals surface area contributed by atoms with Crippen LogP contribution in [-0.2, 0) is 6.54 Å². The van der Waals surface area contributed by atoms with E-state index in [1.807, 2.05) is 18.2 Å². The second-order valence-electron chi connectivity index (χ2n) is 4.82. The Morgan fingerprint density at radius 2 is 1.89 bits per heavy atom. The van der Waals surface area contributed by atoms with Gasteiger partial charge in [0.15, 0.2) is 0 Å². The molecule has 1 N–H and O–H groups in total. The molecule has 1 aliphatic heterocycles. The number of rotatable bonds is 3. The number of para-hydroxylation sites is 2. The number of aromatic nitrogens is 2. The van der Waals surface area contributed by atoms with Crippen molar-refractivity contribution in [2.24, 2.45) is 0 Å². The fourth-order valence-electron chi connectivity index (χ4n) is 2.72. The molecule has 0 saturated carbocycles. The van der Waals surface area contributed by atoms with Crippen molar-refractivity contribution in [3.05, 3.63) is 24.3 Å². The van der Waals surface area contributed by atoms with Gasteiger partial charge in [0.2, 0.25) is 5.95 Å². The van der Waals surface area contributed by atoms with Crippen LogP contribution in [0, 0.1) is 0 Å². The Kier molecular flexibility index (Phi) is 3.19. The summed E-state index contributed by atoms with van der Waals surface area (Å²) >= 11 is 0. The van der Waals surface area contributed by atoms with Gasteiger partial charge < -0.3 is 14.6 Å². The molecule has 1 aliphatic rings. The van der Waals surface area contributed by atoms with Crippen molar-refractivity contribution >= 4 is 17.0 Å². The van der Waals surface area contributed by atoms with Crippen molar-refractivity contribution in [2.45, 2.75) is 25.8 Å². The van der Waals surface area contributed by atoms with E-state index >= 15 is 0 Å². The van der Waals surface area contributed by atoms with Crippen molar-refractivity contribution in [1.29, 1.82) is 0 Å². The summed E-state index contributed by atoms with van der Waals surface area (Å²) in [5.74, 6) is 1.02. The number of hydrogen-bond donors (Lipinski definition) is 1. The fourth-order valence-corrected chi connectivity index (χ4v) is 2.72. The molecule has 0 bridgehead atoms. The molecule has 0 radical (unpaired) electrons. The first kappa shape index (κ1) is 11.5. The lowest BCUT2D eigenvalue weighted by Gasteiger charge is -2.28. The van der Waals surface area contributed by atoms with Crippen molar-refractivity contribution in [3.63, 3.8) is 0 Å². The number of aliphatic hydroxyl groups is 1. The van der Waals surface area contributed by atoms with E-state index in [2.05, 4.69) is 15.5 Å². The minimum absolute atomic E-state index is 0.154. The Hall–Kier alpha value is -1.55. The van der Waals surface area contributed by atoms with Crippen LogP contribution in [-0.4, -0.2) is 34.4 Å². The van der Waals surface area contributed by atoms with Gasteiger partial charge in [0, 0.05) is 19.6 Å².